The third-order valence-electron chi connectivity index (χ3n) is 3.70. The van der Waals surface area contributed by atoms with Crippen molar-refractivity contribution >= 4 is 29.9 Å². The normalized spacial score (nSPS) is 12.1. The molecule has 1 unspecified atom stereocenters. The number of nitrogens with one attached hydrogen (secondary N) is 2. The van der Waals surface area contributed by atoms with Crippen LogP contribution in [0.1, 0.15) is 24.4 Å². The van der Waals surface area contributed by atoms with E-state index in [1.807, 2.05) is 32.2 Å². The summed E-state index contributed by atoms with van der Waals surface area (Å²) in [6.07, 6.45) is 1.52. The molecule has 1 heterocycles. The average molecular weight is 460 g/mol. The second-order valence-electron chi connectivity index (χ2n) is 5.20. The minimum Gasteiger partial charge on any atom is -0.497 e. The van der Waals surface area contributed by atoms with Gasteiger partial charge < -0.3 is 20.1 Å². The number of methoxy groups -OCH3 is 2. The van der Waals surface area contributed by atoms with Crippen LogP contribution in [0.2, 0.25) is 0 Å². The van der Waals surface area contributed by atoms with Crippen LogP contribution in [0, 0.1) is 0 Å². The van der Waals surface area contributed by atoms with E-state index in [1.54, 1.807) is 25.9 Å². The highest BCUT2D eigenvalue weighted by molar-refractivity contribution is 14.0. The number of rotatable bonds is 6. The van der Waals surface area contributed by atoms with Crippen LogP contribution in [0.15, 0.2) is 29.5 Å². The van der Waals surface area contributed by atoms with Crippen LogP contribution in [0.5, 0.6) is 11.5 Å². The highest BCUT2D eigenvalue weighted by Crippen LogP contribution is 2.29. The van der Waals surface area contributed by atoms with Gasteiger partial charge in [0.2, 0.25) is 0 Å². The second-order valence-corrected chi connectivity index (χ2v) is 5.20. The molecule has 1 atom stereocenters. The van der Waals surface area contributed by atoms with E-state index in [9.17, 15) is 0 Å². The lowest BCUT2D eigenvalue weighted by atomic mass is 10.1. The molecule has 0 saturated carbocycles. The molecule has 0 aliphatic carbocycles. The molecule has 0 aliphatic rings. The topological polar surface area (TPSA) is 85.6 Å². The van der Waals surface area contributed by atoms with Crippen molar-refractivity contribution in [3.63, 3.8) is 0 Å². The molecule has 2 rings (SSSR count). The van der Waals surface area contributed by atoms with Gasteiger partial charge in [0.05, 0.1) is 26.8 Å². The van der Waals surface area contributed by atoms with Gasteiger partial charge >= 0.3 is 0 Å². The highest BCUT2D eigenvalue weighted by atomic mass is 127. The Morgan fingerprint density at radius 2 is 2.08 bits per heavy atom. The first-order chi connectivity index (χ1) is 11.6. The molecular weight excluding hydrogens is 435 g/mol. The first-order valence-corrected chi connectivity index (χ1v) is 7.61. The monoisotopic (exact) mass is 460 g/mol. The number of hydrogen-bond acceptors (Lipinski definition) is 5. The van der Waals surface area contributed by atoms with Crippen molar-refractivity contribution in [2.45, 2.75) is 19.5 Å². The predicted molar refractivity (Wildman–Crippen MR) is 108 cm³/mol. The summed E-state index contributed by atoms with van der Waals surface area (Å²) in [5, 5.41) is 10.6. The number of aliphatic imine (C=N–C) groups is 1. The fourth-order valence-electron chi connectivity index (χ4n) is 2.30. The Bertz CT molecular complexity index is 704. The molecule has 0 radical (unpaired) electrons. The van der Waals surface area contributed by atoms with E-state index in [4.69, 9.17) is 9.47 Å². The number of aromatic nitrogens is 3. The summed E-state index contributed by atoms with van der Waals surface area (Å²) in [5.41, 5.74) is 0.985. The Morgan fingerprint density at radius 1 is 1.32 bits per heavy atom. The van der Waals surface area contributed by atoms with Crippen molar-refractivity contribution in [3.05, 3.63) is 35.9 Å². The number of aryl methyl sites for hydroxylation is 1. The molecule has 2 aromatic rings. The Labute approximate surface area is 165 Å². The Hall–Kier alpha value is -2.04. The van der Waals surface area contributed by atoms with Crippen LogP contribution in [-0.4, -0.2) is 42.0 Å². The van der Waals surface area contributed by atoms with Crippen LogP contribution in [0.4, 0.5) is 0 Å². The number of halogens is 1. The van der Waals surface area contributed by atoms with Gasteiger partial charge in [-0.3, -0.25) is 9.67 Å². The summed E-state index contributed by atoms with van der Waals surface area (Å²) in [6.45, 7) is 2.56. The molecule has 9 heteroatoms. The minimum absolute atomic E-state index is 0. The van der Waals surface area contributed by atoms with E-state index in [-0.39, 0.29) is 30.0 Å². The largest absolute Gasteiger partial charge is 0.497 e. The lowest BCUT2D eigenvalue weighted by Gasteiger charge is -2.20. The van der Waals surface area contributed by atoms with Gasteiger partial charge in [0.15, 0.2) is 5.96 Å². The lowest BCUT2D eigenvalue weighted by Crippen LogP contribution is -2.38. The first-order valence-electron chi connectivity index (χ1n) is 7.61. The van der Waals surface area contributed by atoms with E-state index < -0.39 is 0 Å². The van der Waals surface area contributed by atoms with Crippen LogP contribution < -0.4 is 20.1 Å². The van der Waals surface area contributed by atoms with Gasteiger partial charge in [-0.15, -0.1) is 24.0 Å². The maximum Gasteiger partial charge on any atom is 0.191 e. The van der Waals surface area contributed by atoms with Gasteiger partial charge in [-0.2, -0.15) is 5.10 Å². The molecule has 8 nitrogen and oxygen atoms in total. The lowest BCUT2D eigenvalue weighted by molar-refractivity contribution is 0.394. The molecule has 0 fully saturated rings. The summed E-state index contributed by atoms with van der Waals surface area (Å²) in [4.78, 5) is 8.43. The molecule has 0 bridgehead atoms. The summed E-state index contributed by atoms with van der Waals surface area (Å²) in [5.74, 6) is 3.06. The summed E-state index contributed by atoms with van der Waals surface area (Å²) in [7, 11) is 6.87. The van der Waals surface area contributed by atoms with E-state index >= 15 is 0 Å². The van der Waals surface area contributed by atoms with Gasteiger partial charge in [-0.1, -0.05) is 0 Å². The molecule has 1 aromatic carbocycles. The van der Waals surface area contributed by atoms with Gasteiger partial charge in [-0.25, -0.2) is 4.98 Å². The fourth-order valence-corrected chi connectivity index (χ4v) is 2.30. The Morgan fingerprint density at radius 3 is 2.64 bits per heavy atom. The van der Waals surface area contributed by atoms with Crippen molar-refractivity contribution in [3.8, 4) is 11.5 Å². The minimum atomic E-state index is -0.0271. The number of guanidine groups is 1. The van der Waals surface area contributed by atoms with Gasteiger partial charge in [0.1, 0.15) is 23.7 Å². The smallest absolute Gasteiger partial charge is 0.191 e. The van der Waals surface area contributed by atoms with E-state index in [2.05, 4.69) is 25.7 Å². The van der Waals surface area contributed by atoms with Crippen LogP contribution in [0.25, 0.3) is 0 Å². The van der Waals surface area contributed by atoms with Crippen molar-refractivity contribution in [2.24, 2.45) is 12.0 Å². The van der Waals surface area contributed by atoms with Gasteiger partial charge in [0, 0.05) is 19.7 Å². The zero-order valence-corrected chi connectivity index (χ0v) is 17.4. The van der Waals surface area contributed by atoms with Crippen LogP contribution >= 0.6 is 24.0 Å². The molecular formula is C16H25IN6O2. The Balaban J connectivity index is 0.00000312. The molecule has 1 aromatic heterocycles. The number of benzene rings is 1. The molecule has 25 heavy (non-hydrogen) atoms. The third-order valence-corrected chi connectivity index (χ3v) is 3.70. The quantitative estimate of drug-likeness (QED) is 0.389. The molecule has 0 saturated heterocycles. The van der Waals surface area contributed by atoms with Crippen molar-refractivity contribution < 1.29 is 9.47 Å². The highest BCUT2D eigenvalue weighted by Gasteiger charge is 2.14. The standard InChI is InChI=1S/C16H24N6O2.HI/c1-11(13-8-12(23-4)6-7-14(13)24-5)21-16(17-2)18-9-15-19-10-20-22(15)3;/h6-8,10-11H,9H2,1-5H3,(H2,17,18,21);1H. The molecule has 2 N–H and O–H groups in total. The zero-order chi connectivity index (χ0) is 17.5. The molecule has 138 valence electrons. The van der Waals surface area contributed by atoms with Crippen molar-refractivity contribution in [1.82, 2.24) is 25.4 Å². The molecule has 0 amide bonds. The number of ether oxygens (including phenoxy) is 2. The summed E-state index contributed by atoms with van der Waals surface area (Å²) < 4.78 is 12.5. The van der Waals surface area contributed by atoms with Crippen LogP contribution in [0.3, 0.4) is 0 Å². The van der Waals surface area contributed by atoms with Gasteiger partial charge in [0.25, 0.3) is 0 Å². The fraction of sp³-hybridized carbons (Fsp3) is 0.438. The average Bonchev–Trinajstić information content (AvgIpc) is 3.02. The second kappa shape index (κ2) is 10.1. The number of nitrogens with zero attached hydrogens (tertiary/aromatic N) is 4. The number of hydrogen-bond donors (Lipinski definition) is 2. The molecule has 0 aliphatic heterocycles. The van der Waals surface area contributed by atoms with Crippen molar-refractivity contribution in [2.75, 3.05) is 21.3 Å². The Kier molecular flexibility index (Phi) is 8.46. The third kappa shape index (κ3) is 5.48. The summed E-state index contributed by atoms with van der Waals surface area (Å²) >= 11 is 0. The maximum absolute atomic E-state index is 5.44. The predicted octanol–water partition coefficient (Wildman–Crippen LogP) is 1.88. The summed E-state index contributed by atoms with van der Waals surface area (Å²) in [6, 6.07) is 5.69. The van der Waals surface area contributed by atoms with Crippen molar-refractivity contribution in [1.29, 1.82) is 0 Å². The van der Waals surface area contributed by atoms with Crippen LogP contribution in [-0.2, 0) is 13.6 Å². The van der Waals surface area contributed by atoms with E-state index in [1.165, 1.54) is 6.33 Å². The van der Waals surface area contributed by atoms with E-state index in [0.29, 0.717) is 12.5 Å². The first kappa shape index (κ1) is 21.0. The van der Waals surface area contributed by atoms with E-state index in [0.717, 1.165) is 22.9 Å². The molecule has 0 spiro atoms. The zero-order valence-electron chi connectivity index (χ0n) is 15.1. The van der Waals surface area contributed by atoms with Gasteiger partial charge in [-0.05, 0) is 25.1 Å². The SMILES string of the molecule is CN=C(NCc1ncnn1C)NC(C)c1cc(OC)ccc1OC.I. The maximum atomic E-state index is 5.44.